The Hall–Kier alpha value is -4.25. The third kappa shape index (κ3) is 3.34. The zero-order valence-corrected chi connectivity index (χ0v) is 19.8. The molecule has 0 aromatic heterocycles. The van der Waals surface area contributed by atoms with Gasteiger partial charge in [0.15, 0.2) is 0 Å². The van der Waals surface area contributed by atoms with Crippen molar-refractivity contribution in [3.8, 4) is 0 Å². The van der Waals surface area contributed by atoms with Crippen LogP contribution < -0.4 is 4.90 Å². The Morgan fingerprint density at radius 3 is 1.69 bits per heavy atom. The molecular weight excluding hydrogens is 450 g/mol. The topological polar surface area (TPSA) is 63.7 Å². The van der Waals surface area contributed by atoms with Crippen molar-refractivity contribution >= 4 is 29.0 Å². The number of esters is 1. The van der Waals surface area contributed by atoms with Crippen LogP contribution in [0.5, 0.6) is 0 Å². The van der Waals surface area contributed by atoms with Crippen molar-refractivity contribution in [1.29, 1.82) is 0 Å². The van der Waals surface area contributed by atoms with Crippen LogP contribution in [-0.4, -0.2) is 24.4 Å². The number of nitrogens with zero attached hydrogens (tertiary/aromatic N) is 1. The van der Waals surface area contributed by atoms with Crippen molar-refractivity contribution < 1.29 is 19.1 Å². The summed E-state index contributed by atoms with van der Waals surface area (Å²) in [4.78, 5) is 40.7. The minimum absolute atomic E-state index is 0.129. The highest BCUT2D eigenvalue weighted by Crippen LogP contribution is 2.58. The van der Waals surface area contributed by atoms with E-state index in [9.17, 15) is 14.4 Å². The van der Waals surface area contributed by atoms with E-state index in [4.69, 9.17) is 4.74 Å². The number of fused-ring (bicyclic) bond motifs is 5. The number of carbonyl (C=O) groups excluding carboxylic acids is 3. The Morgan fingerprint density at radius 1 is 0.722 bits per heavy atom. The van der Waals surface area contributed by atoms with Gasteiger partial charge >= 0.3 is 5.97 Å². The predicted octanol–water partition coefficient (Wildman–Crippen LogP) is 5.29. The summed E-state index contributed by atoms with van der Waals surface area (Å²) in [6.45, 7) is 2.03. The van der Waals surface area contributed by atoms with Gasteiger partial charge in [0.1, 0.15) is 0 Å². The molecule has 1 aliphatic heterocycles. The number of hydrogen-bond acceptors (Lipinski definition) is 4. The molecule has 3 aliphatic rings. The summed E-state index contributed by atoms with van der Waals surface area (Å²) in [6.07, 6.45) is 4.21. The Labute approximate surface area is 209 Å². The van der Waals surface area contributed by atoms with E-state index in [2.05, 4.69) is 36.4 Å². The van der Waals surface area contributed by atoms with Gasteiger partial charge in [-0.25, -0.2) is 9.69 Å². The van der Waals surface area contributed by atoms with Gasteiger partial charge in [0.2, 0.25) is 11.8 Å². The van der Waals surface area contributed by atoms with Crippen molar-refractivity contribution in [1.82, 2.24) is 0 Å². The number of amides is 2. The third-order valence-corrected chi connectivity index (χ3v) is 7.47. The molecular formula is C31H25NO4. The van der Waals surface area contributed by atoms with Crippen molar-refractivity contribution in [2.75, 3.05) is 11.5 Å². The van der Waals surface area contributed by atoms with Gasteiger partial charge in [0.25, 0.3) is 0 Å². The second kappa shape index (κ2) is 8.76. The highest BCUT2D eigenvalue weighted by Gasteiger charge is 2.62. The lowest BCUT2D eigenvalue weighted by molar-refractivity contribution is -0.122. The average molecular weight is 476 g/mol. The molecule has 3 aromatic carbocycles. The standard InChI is InChI=1S/C31H25NO4/c1-2-36-31(35)21-13-15-22(16-14-21)32-29(33)27-23-17-18-24(28(27)30(32)34)26(23)25(19-9-5-3-6-10-19)20-11-7-4-8-12-20/h3-18,23-24,27-28H,2H2,1H3/t23-,24+,27-,28-/m0/s1. The van der Waals surface area contributed by atoms with Gasteiger partial charge in [0, 0.05) is 11.8 Å². The molecule has 4 atom stereocenters. The Morgan fingerprint density at radius 2 is 1.22 bits per heavy atom. The predicted molar refractivity (Wildman–Crippen MR) is 137 cm³/mol. The lowest BCUT2D eigenvalue weighted by Gasteiger charge is -2.21. The summed E-state index contributed by atoms with van der Waals surface area (Å²) in [5.41, 5.74) is 5.32. The first kappa shape index (κ1) is 22.2. The van der Waals surface area contributed by atoms with E-state index in [1.54, 1.807) is 31.2 Å². The Bertz CT molecular complexity index is 1330. The second-order valence-electron chi connectivity index (χ2n) is 9.33. The minimum Gasteiger partial charge on any atom is -0.462 e. The van der Waals surface area contributed by atoms with Crippen molar-refractivity contribution in [3.63, 3.8) is 0 Å². The van der Waals surface area contributed by atoms with Crippen LogP contribution in [-0.2, 0) is 14.3 Å². The van der Waals surface area contributed by atoms with E-state index in [1.165, 1.54) is 4.90 Å². The molecule has 36 heavy (non-hydrogen) atoms. The summed E-state index contributed by atoms with van der Waals surface area (Å²) in [6, 6.07) is 26.9. The number of carbonyl (C=O) groups is 3. The number of anilines is 1. The van der Waals surface area contributed by atoms with E-state index in [0.29, 0.717) is 11.3 Å². The lowest BCUT2D eigenvalue weighted by atomic mass is 9.85. The average Bonchev–Trinajstić information content (AvgIpc) is 3.55. The first-order valence-corrected chi connectivity index (χ1v) is 12.3. The number of ether oxygens (including phenoxy) is 1. The summed E-state index contributed by atoms with van der Waals surface area (Å²) >= 11 is 0. The molecule has 0 unspecified atom stereocenters. The van der Waals surface area contributed by atoms with Crippen LogP contribution in [0.4, 0.5) is 5.69 Å². The molecule has 2 fully saturated rings. The smallest absolute Gasteiger partial charge is 0.338 e. The fraction of sp³-hybridized carbons (Fsp3) is 0.194. The molecule has 0 N–H and O–H groups in total. The molecule has 3 aromatic rings. The van der Waals surface area contributed by atoms with Crippen LogP contribution >= 0.6 is 0 Å². The van der Waals surface area contributed by atoms with Gasteiger partial charge in [-0.2, -0.15) is 0 Å². The van der Waals surface area contributed by atoms with Crippen molar-refractivity contribution in [3.05, 3.63) is 119 Å². The summed E-state index contributed by atoms with van der Waals surface area (Å²) in [7, 11) is 0. The number of rotatable bonds is 5. The SMILES string of the molecule is CCOC(=O)c1ccc(N2C(=O)[C@@H]3[C@@H](C2=O)[C@H]2C=C[C@@H]3C2=C(c2ccccc2)c2ccccc2)cc1. The molecule has 6 rings (SSSR count). The first-order valence-electron chi connectivity index (χ1n) is 12.3. The second-order valence-corrected chi connectivity index (χ2v) is 9.33. The van der Waals surface area contributed by atoms with Crippen molar-refractivity contribution in [2.45, 2.75) is 6.92 Å². The Balaban J connectivity index is 1.39. The normalized spacial score (nSPS) is 23.8. The van der Waals surface area contributed by atoms with Crippen LogP contribution in [0, 0.1) is 23.7 Å². The van der Waals surface area contributed by atoms with E-state index < -0.39 is 17.8 Å². The zero-order valence-electron chi connectivity index (χ0n) is 19.8. The summed E-state index contributed by atoms with van der Waals surface area (Å²) < 4.78 is 5.04. The van der Waals surface area contributed by atoms with E-state index in [1.807, 2.05) is 36.4 Å². The van der Waals surface area contributed by atoms with Gasteiger partial charge in [-0.05, 0) is 53.5 Å². The maximum Gasteiger partial charge on any atom is 0.338 e. The van der Waals surface area contributed by atoms with Crippen LogP contribution in [0.25, 0.3) is 5.57 Å². The van der Waals surface area contributed by atoms with E-state index >= 15 is 0 Å². The molecule has 0 spiro atoms. The first-order chi connectivity index (χ1) is 17.6. The number of allylic oxidation sites excluding steroid dienone is 3. The fourth-order valence-electron chi connectivity index (χ4n) is 6.02. The van der Waals surface area contributed by atoms with E-state index in [0.717, 1.165) is 22.3 Å². The molecule has 2 aliphatic carbocycles. The van der Waals surface area contributed by atoms with Gasteiger partial charge in [-0.1, -0.05) is 72.8 Å². The zero-order chi connectivity index (χ0) is 24.8. The highest BCUT2D eigenvalue weighted by molar-refractivity contribution is 6.23. The van der Waals surface area contributed by atoms with Crippen LogP contribution in [0.15, 0.2) is 103 Å². The molecule has 2 amide bonds. The fourth-order valence-corrected chi connectivity index (χ4v) is 6.02. The van der Waals surface area contributed by atoms with Crippen LogP contribution in [0.2, 0.25) is 0 Å². The monoisotopic (exact) mass is 475 g/mol. The molecule has 2 bridgehead atoms. The van der Waals surface area contributed by atoms with Gasteiger partial charge in [-0.3, -0.25) is 9.59 Å². The summed E-state index contributed by atoms with van der Waals surface area (Å²) in [5.74, 6) is -1.88. The minimum atomic E-state index is -0.425. The van der Waals surface area contributed by atoms with Crippen LogP contribution in [0.3, 0.4) is 0 Å². The molecule has 178 valence electrons. The maximum absolute atomic E-state index is 13.7. The lowest BCUT2D eigenvalue weighted by Crippen LogP contribution is -2.33. The molecule has 1 saturated carbocycles. The largest absolute Gasteiger partial charge is 0.462 e. The van der Waals surface area contributed by atoms with Crippen LogP contribution in [0.1, 0.15) is 28.4 Å². The number of benzene rings is 3. The van der Waals surface area contributed by atoms with Gasteiger partial charge < -0.3 is 4.74 Å². The molecule has 1 heterocycles. The molecule has 1 saturated heterocycles. The van der Waals surface area contributed by atoms with Gasteiger partial charge in [-0.15, -0.1) is 0 Å². The molecule has 5 nitrogen and oxygen atoms in total. The number of hydrogen-bond donors (Lipinski definition) is 0. The molecule has 0 radical (unpaired) electrons. The quantitative estimate of drug-likeness (QED) is 0.286. The number of imide groups is 1. The Kier molecular flexibility index (Phi) is 5.41. The third-order valence-electron chi connectivity index (χ3n) is 7.47. The highest BCUT2D eigenvalue weighted by atomic mass is 16.5. The summed E-state index contributed by atoms with van der Waals surface area (Å²) in [5, 5.41) is 0. The van der Waals surface area contributed by atoms with Crippen molar-refractivity contribution in [2.24, 2.45) is 23.7 Å². The maximum atomic E-state index is 13.7. The van der Waals surface area contributed by atoms with Gasteiger partial charge in [0.05, 0.1) is 29.7 Å². The molecule has 5 heteroatoms. The van der Waals surface area contributed by atoms with E-state index in [-0.39, 0.29) is 30.3 Å².